The molecule has 0 atom stereocenters. The first kappa shape index (κ1) is 20.0. The maximum Gasteiger partial charge on any atom is 0.263 e. The molecule has 5 rings (SSSR count). The van der Waals surface area contributed by atoms with Gasteiger partial charge in [-0.25, -0.2) is 4.98 Å². The first-order valence-electron chi connectivity index (χ1n) is 10.8. The van der Waals surface area contributed by atoms with Crippen LogP contribution in [0.3, 0.4) is 0 Å². The summed E-state index contributed by atoms with van der Waals surface area (Å²) in [6, 6.07) is 20.5. The van der Waals surface area contributed by atoms with E-state index in [-0.39, 0.29) is 11.9 Å². The zero-order valence-corrected chi connectivity index (χ0v) is 18.1. The monoisotopic (exact) mass is 431 g/mol. The Hall–Kier alpha value is -2.96. The van der Waals surface area contributed by atoms with E-state index < -0.39 is 0 Å². The zero-order chi connectivity index (χ0) is 21.0. The normalized spacial score (nSPS) is 15.4. The topological polar surface area (TPSA) is 49.6 Å². The summed E-state index contributed by atoms with van der Waals surface area (Å²) in [5, 5.41) is 0.773. The van der Waals surface area contributed by atoms with Crippen LogP contribution in [0.15, 0.2) is 77.6 Å². The van der Waals surface area contributed by atoms with Gasteiger partial charge in [-0.3, -0.25) is 9.69 Å². The molecule has 2 aromatic carbocycles. The molecule has 0 radical (unpaired) electrons. The van der Waals surface area contributed by atoms with E-state index in [9.17, 15) is 4.79 Å². The number of rotatable bonds is 6. The summed E-state index contributed by atoms with van der Waals surface area (Å²) in [5.74, 6) is -0.0319. The highest BCUT2D eigenvalue weighted by atomic mass is 32.1. The highest BCUT2D eigenvalue weighted by Crippen LogP contribution is 2.33. The Morgan fingerprint density at radius 3 is 2.58 bits per heavy atom. The third kappa shape index (κ3) is 4.40. The summed E-state index contributed by atoms with van der Waals surface area (Å²) in [6.45, 7) is 3.02. The molecule has 5 nitrogen and oxygen atoms in total. The molecule has 158 valence electrons. The summed E-state index contributed by atoms with van der Waals surface area (Å²) in [7, 11) is 0. The van der Waals surface area contributed by atoms with Crippen molar-refractivity contribution >= 4 is 32.6 Å². The molecule has 0 spiro atoms. The number of aromatic nitrogens is 1. The number of anilines is 1. The van der Waals surface area contributed by atoms with Gasteiger partial charge < -0.3 is 9.32 Å². The number of thiazole rings is 1. The lowest BCUT2D eigenvalue weighted by Gasteiger charge is -2.37. The Balaban J connectivity index is 1.32. The highest BCUT2D eigenvalue weighted by molar-refractivity contribution is 7.22. The average molecular weight is 432 g/mol. The lowest BCUT2D eigenvalue weighted by molar-refractivity contribution is 0.0959. The number of hydrogen-bond acceptors (Lipinski definition) is 5. The van der Waals surface area contributed by atoms with E-state index in [1.54, 1.807) is 23.7 Å². The summed E-state index contributed by atoms with van der Waals surface area (Å²) in [5.41, 5.74) is 2.88. The van der Waals surface area contributed by atoms with Crippen LogP contribution in [0.2, 0.25) is 0 Å². The summed E-state index contributed by atoms with van der Waals surface area (Å²) in [6.07, 6.45) is 6.01. The molecular formula is C25H25N3O2S. The van der Waals surface area contributed by atoms with Crippen LogP contribution < -0.4 is 4.90 Å². The predicted molar refractivity (Wildman–Crippen MR) is 125 cm³/mol. The molecule has 4 aromatic rings. The molecule has 0 unspecified atom stereocenters. The van der Waals surface area contributed by atoms with E-state index in [0.29, 0.717) is 5.56 Å². The molecule has 1 aliphatic rings. The van der Waals surface area contributed by atoms with Gasteiger partial charge in [-0.2, -0.15) is 0 Å². The average Bonchev–Trinajstić information content (AvgIpc) is 3.49. The molecule has 6 heteroatoms. The van der Waals surface area contributed by atoms with Gasteiger partial charge in [0.25, 0.3) is 5.91 Å². The van der Waals surface area contributed by atoms with E-state index in [2.05, 4.69) is 41.3 Å². The fraction of sp³-hybridized carbons (Fsp3) is 0.280. The Morgan fingerprint density at radius 1 is 1.06 bits per heavy atom. The second-order valence-corrected chi connectivity index (χ2v) is 8.97. The number of amides is 1. The molecule has 0 saturated carbocycles. The molecule has 1 aliphatic heterocycles. The fourth-order valence-corrected chi connectivity index (χ4v) is 5.27. The van der Waals surface area contributed by atoms with Gasteiger partial charge in [0, 0.05) is 25.7 Å². The number of carbonyl (C=O) groups is 1. The Labute approximate surface area is 185 Å². The second kappa shape index (κ2) is 9.04. The van der Waals surface area contributed by atoms with Crippen molar-refractivity contribution in [3.63, 3.8) is 0 Å². The van der Waals surface area contributed by atoms with Crippen LogP contribution in [-0.2, 0) is 6.42 Å². The molecule has 1 amide bonds. The number of nitrogens with zero attached hydrogens (tertiary/aromatic N) is 3. The van der Waals surface area contributed by atoms with Gasteiger partial charge in [0.15, 0.2) is 5.13 Å². The molecule has 3 heterocycles. The van der Waals surface area contributed by atoms with Crippen LogP contribution in [0.25, 0.3) is 10.2 Å². The minimum absolute atomic E-state index is 0.0319. The van der Waals surface area contributed by atoms with Crippen molar-refractivity contribution in [3.05, 3.63) is 84.3 Å². The van der Waals surface area contributed by atoms with Crippen molar-refractivity contribution < 1.29 is 9.21 Å². The van der Waals surface area contributed by atoms with Gasteiger partial charge in [0.2, 0.25) is 0 Å². The lowest BCUT2D eigenvalue weighted by Crippen LogP contribution is -2.48. The Morgan fingerprint density at radius 2 is 1.84 bits per heavy atom. The molecule has 0 N–H and O–H groups in total. The van der Waals surface area contributed by atoms with E-state index in [1.807, 2.05) is 23.1 Å². The number of fused-ring (bicyclic) bond motifs is 1. The smallest absolute Gasteiger partial charge is 0.263 e. The van der Waals surface area contributed by atoms with Crippen LogP contribution in [-0.4, -0.2) is 41.5 Å². The van der Waals surface area contributed by atoms with Crippen molar-refractivity contribution in [2.45, 2.75) is 25.3 Å². The number of likely N-dealkylation sites (tertiary alicyclic amines) is 1. The number of furan rings is 1. The molecule has 2 aromatic heterocycles. The summed E-state index contributed by atoms with van der Waals surface area (Å²) >= 11 is 1.58. The molecule has 1 fully saturated rings. The van der Waals surface area contributed by atoms with Crippen LogP contribution in [0.1, 0.15) is 28.8 Å². The summed E-state index contributed by atoms with van der Waals surface area (Å²) < 4.78 is 6.29. The number of benzene rings is 2. The maximum absolute atomic E-state index is 13.4. The zero-order valence-electron chi connectivity index (χ0n) is 17.3. The van der Waals surface area contributed by atoms with E-state index in [0.717, 1.165) is 54.2 Å². The highest BCUT2D eigenvalue weighted by Gasteiger charge is 2.32. The molecule has 0 bridgehead atoms. The van der Waals surface area contributed by atoms with Crippen molar-refractivity contribution in [3.8, 4) is 0 Å². The molecule has 1 saturated heterocycles. The Bertz CT molecular complexity index is 1100. The van der Waals surface area contributed by atoms with Crippen LogP contribution in [0, 0.1) is 0 Å². The van der Waals surface area contributed by atoms with Crippen LogP contribution in [0.5, 0.6) is 0 Å². The Kier molecular flexibility index (Phi) is 5.82. The third-order valence-electron chi connectivity index (χ3n) is 5.96. The summed E-state index contributed by atoms with van der Waals surface area (Å²) in [4.78, 5) is 22.6. The molecular weight excluding hydrogens is 406 g/mol. The van der Waals surface area contributed by atoms with E-state index >= 15 is 0 Å². The minimum atomic E-state index is -0.0319. The van der Waals surface area contributed by atoms with Crippen molar-refractivity contribution in [1.82, 2.24) is 9.88 Å². The van der Waals surface area contributed by atoms with Gasteiger partial charge >= 0.3 is 0 Å². The number of carbonyl (C=O) groups excluding carboxylic acids is 1. The van der Waals surface area contributed by atoms with Crippen LogP contribution >= 0.6 is 11.3 Å². The first-order valence-corrected chi connectivity index (χ1v) is 11.6. The largest absolute Gasteiger partial charge is 0.472 e. The quantitative estimate of drug-likeness (QED) is 0.419. The fourth-order valence-electron chi connectivity index (χ4n) is 4.23. The van der Waals surface area contributed by atoms with Crippen molar-refractivity contribution in [2.24, 2.45) is 0 Å². The van der Waals surface area contributed by atoms with Gasteiger partial charge in [-0.1, -0.05) is 53.8 Å². The van der Waals surface area contributed by atoms with Gasteiger partial charge in [-0.05, 0) is 43.0 Å². The number of piperidine rings is 1. The van der Waals surface area contributed by atoms with Crippen molar-refractivity contribution in [1.29, 1.82) is 0 Å². The predicted octanol–water partition coefficient (Wildman–Crippen LogP) is 5.24. The second-order valence-electron chi connectivity index (χ2n) is 7.96. The maximum atomic E-state index is 13.4. The van der Waals surface area contributed by atoms with Crippen LogP contribution in [0.4, 0.5) is 5.13 Å². The molecule has 0 aliphatic carbocycles. The number of para-hydroxylation sites is 1. The molecule has 31 heavy (non-hydrogen) atoms. The van der Waals surface area contributed by atoms with Crippen molar-refractivity contribution in [2.75, 3.05) is 24.5 Å². The standard InChI is InChI=1S/C25H25N3O2S/c29-24(20-13-17-30-18-20)28(25-26-22-8-4-5-9-23(22)31-25)21-11-15-27(16-12-21)14-10-19-6-2-1-3-7-19/h1-9,13,17-18,21H,10-12,14-16H2. The SMILES string of the molecule is O=C(c1ccoc1)N(c1nc2ccccc2s1)C1CCN(CCc2ccccc2)CC1. The first-order chi connectivity index (χ1) is 15.3. The third-order valence-corrected chi connectivity index (χ3v) is 6.99. The van der Waals surface area contributed by atoms with E-state index in [1.165, 1.54) is 11.8 Å². The number of hydrogen-bond donors (Lipinski definition) is 0. The van der Waals surface area contributed by atoms with E-state index in [4.69, 9.17) is 9.40 Å². The van der Waals surface area contributed by atoms with Gasteiger partial charge in [0.1, 0.15) is 6.26 Å². The lowest BCUT2D eigenvalue weighted by atomic mass is 10.0. The van der Waals surface area contributed by atoms with Gasteiger partial charge in [0.05, 0.1) is 22.0 Å². The minimum Gasteiger partial charge on any atom is -0.472 e. The van der Waals surface area contributed by atoms with Gasteiger partial charge in [-0.15, -0.1) is 0 Å².